The number of halogens is 1. The molecule has 4 rings (SSSR count). The molecule has 0 spiro atoms. The number of benzene rings is 3. The summed E-state index contributed by atoms with van der Waals surface area (Å²) in [5.74, 6) is -0.807. The molecular weight excluding hydrogens is 431 g/mol. The Morgan fingerprint density at radius 1 is 0.906 bits per heavy atom. The highest BCUT2D eigenvalue weighted by Gasteiger charge is 2.20. The van der Waals surface area contributed by atoms with Crippen LogP contribution in [0, 0.1) is 5.82 Å². The molecule has 0 fully saturated rings. The van der Waals surface area contributed by atoms with Crippen LogP contribution in [-0.2, 0) is 9.84 Å². The van der Waals surface area contributed by atoms with E-state index in [9.17, 15) is 17.6 Å². The summed E-state index contributed by atoms with van der Waals surface area (Å²) >= 11 is 0. The topological polar surface area (TPSA) is 115 Å². The van der Waals surface area contributed by atoms with E-state index in [2.05, 4.69) is 15.3 Å². The third-order valence-electron chi connectivity index (χ3n) is 4.72. The number of nitrogen functional groups attached to an aromatic ring is 1. The molecule has 0 atom stereocenters. The number of nitrogens with two attached hydrogens (primary N) is 1. The van der Waals surface area contributed by atoms with Crippen molar-refractivity contribution >= 4 is 27.1 Å². The largest absolute Gasteiger partial charge is 0.397 e. The summed E-state index contributed by atoms with van der Waals surface area (Å²) in [6, 6.07) is 16.5. The first-order chi connectivity index (χ1) is 15.3. The van der Waals surface area contributed by atoms with Gasteiger partial charge in [0.05, 0.1) is 22.5 Å². The highest BCUT2D eigenvalue weighted by atomic mass is 32.2. The quantitative estimate of drug-likeness (QED) is 0.447. The lowest BCUT2D eigenvalue weighted by atomic mass is 10.0. The van der Waals surface area contributed by atoms with E-state index in [1.54, 1.807) is 30.3 Å². The van der Waals surface area contributed by atoms with Crippen LogP contribution in [0.3, 0.4) is 0 Å². The SMILES string of the molecule is Nc1ccc(-c2ccc(F)cc2)cc1NC(=O)c1ccc(S(=O)(=O)c2cnccn2)cc1. The van der Waals surface area contributed by atoms with Gasteiger partial charge >= 0.3 is 0 Å². The van der Waals surface area contributed by atoms with Crippen molar-refractivity contribution in [2.24, 2.45) is 0 Å². The van der Waals surface area contributed by atoms with E-state index in [0.29, 0.717) is 11.4 Å². The number of amides is 1. The van der Waals surface area contributed by atoms with Crippen LogP contribution in [0.25, 0.3) is 11.1 Å². The molecule has 32 heavy (non-hydrogen) atoms. The summed E-state index contributed by atoms with van der Waals surface area (Å²) in [4.78, 5) is 20.3. The minimum absolute atomic E-state index is 0.00706. The van der Waals surface area contributed by atoms with Gasteiger partial charge in [-0.25, -0.2) is 17.8 Å². The number of nitrogens with one attached hydrogen (secondary N) is 1. The molecule has 7 nitrogen and oxygen atoms in total. The van der Waals surface area contributed by atoms with E-state index in [1.807, 2.05) is 0 Å². The number of sulfone groups is 1. The molecular formula is C23H17FN4O3S. The van der Waals surface area contributed by atoms with Crippen LogP contribution in [-0.4, -0.2) is 24.3 Å². The molecule has 0 bridgehead atoms. The number of aromatic nitrogens is 2. The highest BCUT2D eigenvalue weighted by molar-refractivity contribution is 7.91. The molecule has 0 aliphatic carbocycles. The number of carbonyl (C=O) groups is 1. The number of carbonyl (C=O) groups excluding carboxylic acids is 1. The van der Waals surface area contributed by atoms with E-state index in [1.165, 1.54) is 48.8 Å². The van der Waals surface area contributed by atoms with Gasteiger partial charge in [0.15, 0.2) is 5.03 Å². The minimum Gasteiger partial charge on any atom is -0.397 e. The fourth-order valence-corrected chi connectivity index (χ4v) is 4.15. The van der Waals surface area contributed by atoms with Gasteiger partial charge in [0.1, 0.15) is 5.82 Å². The molecule has 1 heterocycles. The Morgan fingerprint density at radius 2 is 1.59 bits per heavy atom. The molecule has 4 aromatic rings. The fourth-order valence-electron chi connectivity index (χ4n) is 3.01. The Hall–Kier alpha value is -4.11. The summed E-state index contributed by atoms with van der Waals surface area (Å²) in [5.41, 5.74) is 8.49. The van der Waals surface area contributed by atoms with Gasteiger partial charge in [-0.05, 0) is 59.7 Å². The van der Waals surface area contributed by atoms with Crippen molar-refractivity contribution < 1.29 is 17.6 Å². The Morgan fingerprint density at radius 3 is 2.25 bits per heavy atom. The number of nitrogens with zero attached hydrogens (tertiary/aromatic N) is 2. The van der Waals surface area contributed by atoms with E-state index in [0.717, 1.165) is 17.3 Å². The lowest BCUT2D eigenvalue weighted by Crippen LogP contribution is -2.13. The summed E-state index contributed by atoms with van der Waals surface area (Å²) in [6.45, 7) is 0. The maximum absolute atomic E-state index is 13.2. The van der Waals surface area contributed by atoms with Gasteiger partial charge in [-0.2, -0.15) is 0 Å². The van der Waals surface area contributed by atoms with Gasteiger partial charge in [-0.15, -0.1) is 0 Å². The molecule has 1 aromatic heterocycles. The normalized spacial score (nSPS) is 11.2. The van der Waals surface area contributed by atoms with Gasteiger partial charge < -0.3 is 11.1 Å². The lowest BCUT2D eigenvalue weighted by Gasteiger charge is -2.11. The molecule has 9 heteroatoms. The molecule has 3 aromatic carbocycles. The average molecular weight is 448 g/mol. The molecule has 0 radical (unpaired) electrons. The minimum atomic E-state index is -3.84. The van der Waals surface area contributed by atoms with E-state index in [-0.39, 0.29) is 21.3 Å². The monoisotopic (exact) mass is 448 g/mol. The van der Waals surface area contributed by atoms with Crippen LogP contribution in [0.15, 0.2) is 95.2 Å². The highest BCUT2D eigenvalue weighted by Crippen LogP contribution is 2.28. The Bertz CT molecular complexity index is 1380. The third kappa shape index (κ3) is 4.33. The molecule has 0 saturated carbocycles. The molecule has 0 aliphatic heterocycles. The smallest absolute Gasteiger partial charge is 0.255 e. The van der Waals surface area contributed by atoms with Gasteiger partial charge in [-0.3, -0.25) is 9.78 Å². The number of rotatable bonds is 5. The van der Waals surface area contributed by atoms with E-state index >= 15 is 0 Å². The maximum atomic E-state index is 13.2. The van der Waals surface area contributed by atoms with Crippen molar-refractivity contribution in [3.63, 3.8) is 0 Å². The zero-order valence-corrected chi connectivity index (χ0v) is 17.4. The van der Waals surface area contributed by atoms with Crippen molar-refractivity contribution in [3.05, 3.63) is 96.7 Å². The van der Waals surface area contributed by atoms with Crippen LogP contribution in [0.2, 0.25) is 0 Å². The summed E-state index contributed by atoms with van der Waals surface area (Å²) in [6.07, 6.45) is 3.83. The Labute approximate surface area is 183 Å². The van der Waals surface area contributed by atoms with E-state index < -0.39 is 15.7 Å². The van der Waals surface area contributed by atoms with Crippen molar-refractivity contribution in [1.82, 2.24) is 9.97 Å². The van der Waals surface area contributed by atoms with Gasteiger partial charge in [-0.1, -0.05) is 18.2 Å². The number of anilines is 2. The predicted octanol–water partition coefficient (Wildman–Crippen LogP) is 3.95. The number of hydrogen-bond donors (Lipinski definition) is 2. The standard InChI is InChI=1S/C23H17FN4O3S/c24-18-6-1-15(2-7-18)17-5-10-20(25)21(13-17)28-23(29)16-3-8-19(9-4-16)32(30,31)22-14-26-11-12-27-22/h1-14H,25H2,(H,28,29). The summed E-state index contributed by atoms with van der Waals surface area (Å²) in [5, 5.41) is 2.55. The van der Waals surface area contributed by atoms with Crippen molar-refractivity contribution in [3.8, 4) is 11.1 Å². The first-order valence-corrected chi connectivity index (χ1v) is 10.9. The molecule has 3 N–H and O–H groups in total. The van der Waals surface area contributed by atoms with Crippen LogP contribution in [0.4, 0.5) is 15.8 Å². The second-order valence-electron chi connectivity index (χ2n) is 6.83. The predicted molar refractivity (Wildman–Crippen MR) is 118 cm³/mol. The summed E-state index contributed by atoms with van der Waals surface area (Å²) in [7, 11) is -3.84. The van der Waals surface area contributed by atoms with Crippen LogP contribution in [0.5, 0.6) is 0 Å². The summed E-state index contributed by atoms with van der Waals surface area (Å²) < 4.78 is 38.4. The lowest BCUT2D eigenvalue weighted by molar-refractivity contribution is 0.102. The third-order valence-corrected chi connectivity index (χ3v) is 6.37. The molecule has 160 valence electrons. The van der Waals surface area contributed by atoms with Crippen molar-refractivity contribution in [1.29, 1.82) is 0 Å². The molecule has 0 aliphatic rings. The van der Waals surface area contributed by atoms with Crippen LogP contribution in [0.1, 0.15) is 10.4 Å². The first kappa shape index (κ1) is 21.1. The molecule has 0 saturated heterocycles. The Kier molecular flexibility index (Phi) is 5.65. The zero-order valence-electron chi connectivity index (χ0n) is 16.6. The second-order valence-corrected chi connectivity index (χ2v) is 8.73. The second kappa shape index (κ2) is 8.56. The van der Waals surface area contributed by atoms with Crippen molar-refractivity contribution in [2.45, 2.75) is 9.92 Å². The molecule has 0 unspecified atom stereocenters. The zero-order chi connectivity index (χ0) is 22.7. The molecule has 1 amide bonds. The average Bonchev–Trinajstić information content (AvgIpc) is 2.81. The van der Waals surface area contributed by atoms with Gasteiger partial charge in [0.2, 0.25) is 9.84 Å². The van der Waals surface area contributed by atoms with E-state index in [4.69, 9.17) is 5.73 Å². The number of hydrogen-bond acceptors (Lipinski definition) is 6. The van der Waals surface area contributed by atoms with Crippen molar-refractivity contribution in [2.75, 3.05) is 11.1 Å². The first-order valence-electron chi connectivity index (χ1n) is 9.42. The van der Waals surface area contributed by atoms with Gasteiger partial charge in [0.25, 0.3) is 5.91 Å². The maximum Gasteiger partial charge on any atom is 0.255 e. The van der Waals surface area contributed by atoms with Crippen LogP contribution < -0.4 is 11.1 Å². The van der Waals surface area contributed by atoms with Crippen LogP contribution >= 0.6 is 0 Å². The van der Waals surface area contributed by atoms with Gasteiger partial charge in [0, 0.05) is 18.0 Å². The fraction of sp³-hybridized carbons (Fsp3) is 0. The Balaban J connectivity index is 1.56.